The minimum absolute atomic E-state index is 0.00768. The molecule has 1 aromatic carbocycles. The Morgan fingerprint density at radius 3 is 2.79 bits per heavy atom. The van der Waals surface area contributed by atoms with Crippen LogP contribution < -0.4 is 21.3 Å². The Hall–Kier alpha value is -3.40. The van der Waals surface area contributed by atoms with Gasteiger partial charge in [0, 0.05) is 24.4 Å². The monoisotopic (exact) mass is 471 g/mol. The Bertz CT molecular complexity index is 1100. The summed E-state index contributed by atoms with van der Waals surface area (Å²) in [6.45, 7) is 8.07. The fourth-order valence-electron chi connectivity index (χ4n) is 4.01. The maximum atomic E-state index is 15.4. The predicted molar refractivity (Wildman–Crippen MR) is 126 cm³/mol. The lowest BCUT2D eigenvalue weighted by molar-refractivity contribution is 0.0317. The molecule has 0 radical (unpaired) electrons. The average Bonchev–Trinajstić information content (AvgIpc) is 3.13. The van der Waals surface area contributed by atoms with Crippen molar-refractivity contribution in [3.8, 4) is 0 Å². The molecule has 0 aliphatic carbocycles. The van der Waals surface area contributed by atoms with Gasteiger partial charge < -0.3 is 30.7 Å². The van der Waals surface area contributed by atoms with E-state index in [1.807, 2.05) is 31.2 Å². The molecule has 2 aromatic rings. The SMILES string of the molecule is Cc1cccc(Nc2nc(N[C@@H]3CCOC[C@@H]3NC(=O)OC(C)(C)C)c(F)c3c2C(=O)NC3)c1. The van der Waals surface area contributed by atoms with E-state index in [1.54, 1.807) is 20.8 Å². The van der Waals surface area contributed by atoms with Gasteiger partial charge in [-0.25, -0.2) is 14.2 Å². The zero-order chi connectivity index (χ0) is 24.5. The van der Waals surface area contributed by atoms with Crippen molar-refractivity contribution < 1.29 is 23.5 Å². The number of nitrogens with one attached hydrogen (secondary N) is 4. The highest BCUT2D eigenvalue weighted by Gasteiger charge is 2.33. The first kappa shape index (κ1) is 23.7. The molecule has 0 saturated carbocycles. The highest BCUT2D eigenvalue weighted by atomic mass is 19.1. The first-order valence-corrected chi connectivity index (χ1v) is 11.3. The third-order valence-corrected chi connectivity index (χ3v) is 5.55. The summed E-state index contributed by atoms with van der Waals surface area (Å²) < 4.78 is 26.3. The predicted octanol–water partition coefficient (Wildman–Crippen LogP) is 3.61. The van der Waals surface area contributed by atoms with E-state index in [0.717, 1.165) is 11.3 Å². The van der Waals surface area contributed by atoms with Crippen LogP contribution in [0.25, 0.3) is 0 Å². The van der Waals surface area contributed by atoms with E-state index in [9.17, 15) is 9.59 Å². The van der Waals surface area contributed by atoms with Crippen molar-refractivity contribution in [2.24, 2.45) is 0 Å². The van der Waals surface area contributed by atoms with Gasteiger partial charge >= 0.3 is 6.09 Å². The van der Waals surface area contributed by atoms with Gasteiger partial charge in [-0.2, -0.15) is 0 Å². The average molecular weight is 472 g/mol. The summed E-state index contributed by atoms with van der Waals surface area (Å²) in [5.74, 6) is -0.694. The molecular weight excluding hydrogens is 441 g/mol. The van der Waals surface area contributed by atoms with Gasteiger partial charge in [0.1, 0.15) is 11.4 Å². The van der Waals surface area contributed by atoms with Crippen molar-refractivity contribution in [1.82, 2.24) is 15.6 Å². The Morgan fingerprint density at radius 2 is 2.06 bits per heavy atom. The molecule has 34 heavy (non-hydrogen) atoms. The third kappa shape index (κ3) is 5.39. The third-order valence-electron chi connectivity index (χ3n) is 5.55. The molecule has 1 fully saturated rings. The van der Waals surface area contributed by atoms with Crippen LogP contribution in [0.3, 0.4) is 0 Å². The minimum Gasteiger partial charge on any atom is -0.444 e. The van der Waals surface area contributed by atoms with Gasteiger partial charge in [-0.15, -0.1) is 0 Å². The van der Waals surface area contributed by atoms with E-state index in [0.29, 0.717) is 13.0 Å². The van der Waals surface area contributed by atoms with Gasteiger partial charge in [0.25, 0.3) is 5.91 Å². The molecule has 9 nitrogen and oxygen atoms in total. The second kappa shape index (κ2) is 9.46. The highest BCUT2D eigenvalue weighted by molar-refractivity contribution is 6.03. The number of aromatic nitrogens is 1. The topological polar surface area (TPSA) is 114 Å². The van der Waals surface area contributed by atoms with Crippen molar-refractivity contribution in [2.45, 2.75) is 58.3 Å². The molecule has 3 heterocycles. The maximum absolute atomic E-state index is 15.4. The lowest BCUT2D eigenvalue weighted by atomic mass is 10.0. The second-order valence-electron chi connectivity index (χ2n) is 9.52. The van der Waals surface area contributed by atoms with Crippen LogP contribution in [0, 0.1) is 12.7 Å². The standard InChI is InChI=1S/C24H30FN5O4/c1-13-6-5-7-14(10-13)27-20-18-15(11-26-22(18)31)19(25)21(30-20)28-16-8-9-33-12-17(16)29-23(32)34-24(2,3)4/h5-7,10,16-17H,8-9,11-12H2,1-4H3,(H,26,31)(H,29,32)(H2,27,28,30)/t16-,17+/m1/s1. The van der Waals surface area contributed by atoms with Crippen LogP contribution in [0.1, 0.15) is 48.7 Å². The van der Waals surface area contributed by atoms with Crippen LogP contribution in [-0.2, 0) is 16.0 Å². The number of aryl methyl sites for hydroxylation is 1. The Morgan fingerprint density at radius 1 is 1.26 bits per heavy atom. The molecule has 2 amide bonds. The largest absolute Gasteiger partial charge is 0.444 e. The Balaban J connectivity index is 1.60. The molecule has 2 aliphatic heterocycles. The minimum atomic E-state index is -0.647. The first-order chi connectivity index (χ1) is 16.1. The number of alkyl carbamates (subject to hydrolysis) is 1. The number of carbonyl (C=O) groups is 2. The molecule has 4 N–H and O–H groups in total. The van der Waals surface area contributed by atoms with Crippen LogP contribution in [-0.4, -0.2) is 47.9 Å². The van der Waals surface area contributed by atoms with Crippen molar-refractivity contribution in [3.63, 3.8) is 0 Å². The smallest absolute Gasteiger partial charge is 0.408 e. The number of rotatable bonds is 5. The molecule has 0 bridgehead atoms. The fraction of sp³-hybridized carbons (Fsp3) is 0.458. The number of ether oxygens (including phenoxy) is 2. The van der Waals surface area contributed by atoms with Gasteiger partial charge in [0.2, 0.25) is 0 Å². The van der Waals surface area contributed by atoms with E-state index < -0.39 is 23.6 Å². The van der Waals surface area contributed by atoms with Gasteiger partial charge in [-0.1, -0.05) is 12.1 Å². The van der Waals surface area contributed by atoms with Crippen LogP contribution in [0.2, 0.25) is 0 Å². The number of amides is 2. The second-order valence-corrected chi connectivity index (χ2v) is 9.52. The Kier molecular flexibility index (Phi) is 6.60. The molecule has 0 unspecified atom stereocenters. The van der Waals surface area contributed by atoms with Crippen LogP contribution >= 0.6 is 0 Å². The molecule has 1 saturated heterocycles. The quantitative estimate of drug-likeness (QED) is 0.527. The maximum Gasteiger partial charge on any atom is 0.408 e. The molecule has 10 heteroatoms. The number of nitrogens with zero attached hydrogens (tertiary/aromatic N) is 1. The Labute approximate surface area is 197 Å². The number of carbonyl (C=O) groups excluding carboxylic acids is 2. The normalized spacial score (nSPS) is 19.7. The first-order valence-electron chi connectivity index (χ1n) is 11.3. The number of pyridine rings is 1. The number of hydrogen-bond donors (Lipinski definition) is 4. The summed E-state index contributed by atoms with van der Waals surface area (Å²) in [4.78, 5) is 29.2. The van der Waals surface area contributed by atoms with Crippen molar-refractivity contribution in [2.75, 3.05) is 23.8 Å². The van der Waals surface area contributed by atoms with Crippen LogP contribution in [0.15, 0.2) is 24.3 Å². The zero-order valence-electron chi connectivity index (χ0n) is 19.8. The summed E-state index contributed by atoms with van der Waals surface area (Å²) in [6.07, 6.45) is -0.0509. The van der Waals surface area contributed by atoms with E-state index in [2.05, 4.69) is 26.3 Å². The van der Waals surface area contributed by atoms with Crippen LogP contribution in [0.5, 0.6) is 0 Å². The molecule has 2 aliphatic rings. The molecule has 2 atom stereocenters. The number of fused-ring (bicyclic) bond motifs is 1. The van der Waals surface area contributed by atoms with Gasteiger partial charge in [0.05, 0.1) is 24.3 Å². The van der Waals surface area contributed by atoms with E-state index >= 15 is 4.39 Å². The summed E-state index contributed by atoms with van der Waals surface area (Å²) in [5, 5.41) is 11.8. The van der Waals surface area contributed by atoms with Gasteiger partial charge in [-0.05, 0) is 51.8 Å². The van der Waals surface area contributed by atoms with Crippen LogP contribution in [0.4, 0.5) is 26.5 Å². The van der Waals surface area contributed by atoms with Crippen molar-refractivity contribution >= 4 is 29.3 Å². The molecular formula is C24H30FN5O4. The highest BCUT2D eigenvalue weighted by Crippen LogP contribution is 2.32. The zero-order valence-corrected chi connectivity index (χ0v) is 19.8. The van der Waals surface area contributed by atoms with Gasteiger partial charge in [0.15, 0.2) is 11.6 Å². The van der Waals surface area contributed by atoms with E-state index in [4.69, 9.17) is 9.47 Å². The van der Waals surface area contributed by atoms with Crippen molar-refractivity contribution in [1.29, 1.82) is 0 Å². The van der Waals surface area contributed by atoms with Crippen molar-refractivity contribution in [3.05, 3.63) is 46.8 Å². The van der Waals surface area contributed by atoms with E-state index in [1.165, 1.54) is 0 Å². The molecule has 182 valence electrons. The number of hydrogen-bond acceptors (Lipinski definition) is 7. The fourth-order valence-corrected chi connectivity index (χ4v) is 4.01. The summed E-state index contributed by atoms with van der Waals surface area (Å²) in [6, 6.07) is 6.80. The lowest BCUT2D eigenvalue weighted by Gasteiger charge is -2.33. The number of benzene rings is 1. The summed E-state index contributed by atoms with van der Waals surface area (Å²) in [7, 11) is 0. The number of halogens is 1. The van der Waals surface area contributed by atoms with Gasteiger partial charge in [-0.3, -0.25) is 4.79 Å². The molecule has 0 spiro atoms. The summed E-state index contributed by atoms with van der Waals surface area (Å²) in [5.41, 5.74) is 1.57. The summed E-state index contributed by atoms with van der Waals surface area (Å²) >= 11 is 0. The molecule has 4 rings (SSSR count). The number of anilines is 3. The van der Waals surface area contributed by atoms with E-state index in [-0.39, 0.29) is 47.9 Å². The lowest BCUT2D eigenvalue weighted by Crippen LogP contribution is -2.53. The molecule has 1 aromatic heterocycles.